The maximum atomic E-state index is 3.38. The van der Waals surface area contributed by atoms with Crippen molar-refractivity contribution in [3.8, 4) is 0 Å². The monoisotopic (exact) mass is 143 g/mol. The molecule has 0 atom stereocenters. The summed E-state index contributed by atoms with van der Waals surface area (Å²) in [6.07, 6.45) is 0. The first-order chi connectivity index (χ1) is 4.93. The van der Waals surface area contributed by atoms with Crippen LogP contribution < -0.4 is 16.0 Å². The molecule has 3 heteroatoms. The van der Waals surface area contributed by atoms with Crippen molar-refractivity contribution in [3.63, 3.8) is 0 Å². The van der Waals surface area contributed by atoms with Crippen molar-refractivity contribution in [2.24, 2.45) is 5.92 Å². The molecule has 0 spiro atoms. The molecule has 0 aromatic heterocycles. The minimum atomic E-state index is 0.757. The Bertz CT molecular complexity index is 76.9. The molecule has 3 N–H and O–H groups in total. The molecule has 0 aromatic carbocycles. The number of hydrogen-bond donors (Lipinski definition) is 3. The molecule has 1 aliphatic rings. The van der Waals surface area contributed by atoms with Gasteiger partial charge in [-0.25, -0.2) is 0 Å². The topological polar surface area (TPSA) is 36.1 Å². The van der Waals surface area contributed by atoms with Gasteiger partial charge in [-0.05, 0) is 13.0 Å². The molecule has 0 amide bonds. The van der Waals surface area contributed by atoms with Crippen LogP contribution >= 0.6 is 0 Å². The lowest BCUT2D eigenvalue weighted by Crippen LogP contribution is -2.31. The van der Waals surface area contributed by atoms with Gasteiger partial charge in [0, 0.05) is 32.7 Å². The van der Waals surface area contributed by atoms with Crippen molar-refractivity contribution in [2.45, 2.75) is 0 Å². The van der Waals surface area contributed by atoms with Crippen LogP contribution in [0.1, 0.15) is 0 Å². The van der Waals surface area contributed by atoms with Crippen LogP contribution in [0.4, 0.5) is 0 Å². The van der Waals surface area contributed by atoms with Crippen LogP contribution in [0.15, 0.2) is 0 Å². The number of nitrogens with one attached hydrogen (secondary N) is 3. The molecule has 3 nitrogen and oxygen atoms in total. The quantitative estimate of drug-likeness (QED) is 0.465. The normalized spacial score (nSPS) is 22.5. The number of hydrogen-bond acceptors (Lipinski definition) is 3. The van der Waals surface area contributed by atoms with Crippen molar-refractivity contribution in [3.05, 3.63) is 0 Å². The van der Waals surface area contributed by atoms with Gasteiger partial charge in [0.1, 0.15) is 0 Å². The fourth-order valence-corrected chi connectivity index (χ4v) is 1.29. The van der Waals surface area contributed by atoms with Gasteiger partial charge in [-0.1, -0.05) is 0 Å². The Hall–Kier alpha value is -0.120. The van der Waals surface area contributed by atoms with Crippen LogP contribution in [0.25, 0.3) is 0 Å². The van der Waals surface area contributed by atoms with E-state index < -0.39 is 0 Å². The van der Waals surface area contributed by atoms with Gasteiger partial charge in [0.25, 0.3) is 0 Å². The van der Waals surface area contributed by atoms with E-state index >= 15 is 0 Å². The van der Waals surface area contributed by atoms with Crippen molar-refractivity contribution in [1.82, 2.24) is 16.0 Å². The van der Waals surface area contributed by atoms with Crippen LogP contribution in [-0.4, -0.2) is 39.8 Å². The highest BCUT2D eigenvalue weighted by Crippen LogP contribution is 1.92. The van der Waals surface area contributed by atoms with Crippen LogP contribution in [-0.2, 0) is 0 Å². The third-order valence-electron chi connectivity index (χ3n) is 1.84. The predicted octanol–water partition coefficient (Wildman–Crippen LogP) is -0.985. The van der Waals surface area contributed by atoms with Gasteiger partial charge in [-0.3, -0.25) is 0 Å². The summed E-state index contributed by atoms with van der Waals surface area (Å²) < 4.78 is 0. The third kappa shape index (κ3) is 2.64. The van der Waals surface area contributed by atoms with E-state index in [2.05, 4.69) is 16.0 Å². The maximum Gasteiger partial charge on any atom is 0.00768 e. The highest BCUT2D eigenvalue weighted by molar-refractivity contribution is 4.71. The molecule has 0 saturated carbocycles. The van der Waals surface area contributed by atoms with Gasteiger partial charge in [0.2, 0.25) is 0 Å². The van der Waals surface area contributed by atoms with Crippen LogP contribution in [0.2, 0.25) is 0 Å². The first kappa shape index (κ1) is 7.98. The van der Waals surface area contributed by atoms with E-state index in [4.69, 9.17) is 0 Å². The molecule has 10 heavy (non-hydrogen) atoms. The van der Waals surface area contributed by atoms with E-state index in [9.17, 15) is 0 Å². The van der Waals surface area contributed by atoms with Gasteiger partial charge >= 0.3 is 0 Å². The Labute approximate surface area is 62.6 Å². The predicted molar refractivity (Wildman–Crippen MR) is 43.2 cm³/mol. The smallest absolute Gasteiger partial charge is 0.00768 e. The summed E-state index contributed by atoms with van der Waals surface area (Å²) >= 11 is 0. The molecule has 0 aromatic rings. The summed E-state index contributed by atoms with van der Waals surface area (Å²) in [6.45, 7) is 5.63. The fourth-order valence-electron chi connectivity index (χ4n) is 1.29. The second kappa shape index (κ2) is 4.66. The second-order valence-electron chi connectivity index (χ2n) is 2.83. The lowest BCUT2D eigenvalue weighted by molar-refractivity contribution is 0.477. The molecule has 0 unspecified atom stereocenters. The Kier molecular flexibility index (Phi) is 3.72. The van der Waals surface area contributed by atoms with Crippen LogP contribution in [0.3, 0.4) is 0 Å². The van der Waals surface area contributed by atoms with Crippen molar-refractivity contribution in [1.29, 1.82) is 0 Å². The molecule has 0 aliphatic carbocycles. The van der Waals surface area contributed by atoms with E-state index in [0.717, 1.165) is 38.6 Å². The van der Waals surface area contributed by atoms with E-state index in [-0.39, 0.29) is 0 Å². The molecule has 60 valence electrons. The average Bonchev–Trinajstić information content (AvgIpc) is 2.17. The average molecular weight is 143 g/mol. The minimum absolute atomic E-state index is 0.757. The summed E-state index contributed by atoms with van der Waals surface area (Å²) in [5.74, 6) is 0.757. The first-order valence-corrected chi connectivity index (χ1v) is 3.99. The Morgan fingerprint density at radius 1 is 1.30 bits per heavy atom. The molecule has 1 heterocycles. The zero-order valence-corrected chi connectivity index (χ0v) is 6.61. The van der Waals surface area contributed by atoms with E-state index in [1.165, 1.54) is 0 Å². The fraction of sp³-hybridized carbons (Fsp3) is 1.00. The highest BCUT2D eigenvalue weighted by atomic mass is 15.0. The van der Waals surface area contributed by atoms with E-state index in [1.54, 1.807) is 0 Å². The van der Waals surface area contributed by atoms with Crippen LogP contribution in [0.5, 0.6) is 0 Å². The van der Waals surface area contributed by atoms with Gasteiger partial charge in [-0.15, -0.1) is 0 Å². The minimum Gasteiger partial charge on any atom is -0.319 e. The molecule has 1 fully saturated rings. The third-order valence-corrected chi connectivity index (χ3v) is 1.84. The molecule has 0 bridgehead atoms. The van der Waals surface area contributed by atoms with E-state index in [1.807, 2.05) is 7.05 Å². The molecular formula is C7H17N3. The number of rotatable bonds is 2. The Balaban J connectivity index is 2.15. The van der Waals surface area contributed by atoms with Crippen molar-refractivity contribution < 1.29 is 0 Å². The highest BCUT2D eigenvalue weighted by Gasteiger charge is 2.08. The molecular weight excluding hydrogens is 126 g/mol. The molecule has 1 saturated heterocycles. The summed E-state index contributed by atoms with van der Waals surface area (Å²) in [7, 11) is 2.00. The van der Waals surface area contributed by atoms with Gasteiger partial charge in [0.15, 0.2) is 0 Å². The molecule has 1 aliphatic heterocycles. The second-order valence-corrected chi connectivity index (χ2v) is 2.83. The zero-order valence-electron chi connectivity index (χ0n) is 6.61. The lowest BCUT2D eigenvalue weighted by Gasteiger charge is -2.12. The van der Waals surface area contributed by atoms with Gasteiger partial charge in [-0.2, -0.15) is 0 Å². The van der Waals surface area contributed by atoms with Crippen LogP contribution in [0, 0.1) is 5.92 Å². The maximum absolute atomic E-state index is 3.38. The molecule has 1 rings (SSSR count). The standard InChI is InChI=1S/C7H17N3/c1-8-4-7-5-9-2-3-10-6-7/h7-10H,2-6H2,1H3. The van der Waals surface area contributed by atoms with Gasteiger partial charge in [0.05, 0.1) is 0 Å². The van der Waals surface area contributed by atoms with Crippen molar-refractivity contribution >= 4 is 0 Å². The zero-order chi connectivity index (χ0) is 7.23. The van der Waals surface area contributed by atoms with E-state index in [0.29, 0.717) is 0 Å². The summed E-state index contributed by atoms with van der Waals surface area (Å²) in [5.41, 5.74) is 0. The first-order valence-electron chi connectivity index (χ1n) is 3.99. The summed E-state index contributed by atoms with van der Waals surface area (Å²) in [5, 5.41) is 9.94. The van der Waals surface area contributed by atoms with Crippen molar-refractivity contribution in [2.75, 3.05) is 39.8 Å². The lowest BCUT2D eigenvalue weighted by atomic mass is 10.1. The summed E-state index contributed by atoms with van der Waals surface area (Å²) in [4.78, 5) is 0. The Morgan fingerprint density at radius 2 is 1.90 bits per heavy atom. The largest absolute Gasteiger partial charge is 0.319 e. The molecule has 0 radical (unpaired) electrons. The SMILES string of the molecule is CNCC1CNCCNC1. The summed E-state index contributed by atoms with van der Waals surface area (Å²) in [6, 6.07) is 0. The van der Waals surface area contributed by atoms with Gasteiger partial charge < -0.3 is 16.0 Å². The Morgan fingerprint density at radius 3 is 2.40 bits per heavy atom.